The Kier molecular flexibility index (Phi) is 2.95. The zero-order valence-corrected chi connectivity index (χ0v) is 9.08. The average molecular weight is 233 g/mol. The predicted molar refractivity (Wildman–Crippen MR) is 58.8 cm³/mol. The van der Waals surface area contributed by atoms with Gasteiger partial charge in [0.05, 0.1) is 6.20 Å². The highest BCUT2D eigenvalue weighted by Crippen LogP contribution is 2.14. The van der Waals surface area contributed by atoms with E-state index < -0.39 is 5.82 Å². The Morgan fingerprint density at radius 2 is 1.88 bits per heavy atom. The summed E-state index contributed by atoms with van der Waals surface area (Å²) in [5, 5.41) is 0. The maximum absolute atomic E-state index is 13.0. The summed E-state index contributed by atoms with van der Waals surface area (Å²) >= 11 is 0. The summed E-state index contributed by atoms with van der Waals surface area (Å²) in [6, 6.07) is 5.13. The first-order valence-corrected chi connectivity index (χ1v) is 4.99. The third-order valence-corrected chi connectivity index (χ3v) is 2.39. The molecule has 2 rings (SSSR count). The first kappa shape index (κ1) is 11.4. The number of rotatable bonds is 2. The number of hydrogen-bond acceptors (Lipinski definition) is 2. The second kappa shape index (κ2) is 4.41. The van der Waals surface area contributed by atoms with E-state index in [2.05, 4.69) is 4.98 Å². The van der Waals surface area contributed by atoms with Crippen molar-refractivity contribution in [3.8, 4) is 0 Å². The van der Waals surface area contributed by atoms with Gasteiger partial charge in [-0.05, 0) is 36.8 Å². The molecule has 0 aliphatic carbocycles. The minimum atomic E-state index is -0.574. The van der Waals surface area contributed by atoms with Gasteiger partial charge in [0.2, 0.25) is 0 Å². The fraction of sp³-hybridized carbons (Fsp3) is 0.0769. The monoisotopic (exact) mass is 233 g/mol. The van der Waals surface area contributed by atoms with Crippen LogP contribution >= 0.6 is 0 Å². The highest BCUT2D eigenvalue weighted by atomic mass is 19.1. The zero-order valence-electron chi connectivity index (χ0n) is 9.08. The van der Waals surface area contributed by atoms with Crippen molar-refractivity contribution in [3.63, 3.8) is 0 Å². The number of halogens is 2. The lowest BCUT2D eigenvalue weighted by Gasteiger charge is -2.03. The summed E-state index contributed by atoms with van der Waals surface area (Å²) in [5.74, 6) is -1.33. The van der Waals surface area contributed by atoms with Crippen LogP contribution in [0.5, 0.6) is 0 Å². The van der Waals surface area contributed by atoms with Crippen molar-refractivity contribution >= 4 is 5.78 Å². The van der Waals surface area contributed by atoms with E-state index in [0.29, 0.717) is 11.1 Å². The zero-order chi connectivity index (χ0) is 12.4. The van der Waals surface area contributed by atoms with E-state index in [1.54, 1.807) is 6.92 Å². The summed E-state index contributed by atoms with van der Waals surface area (Å²) in [6.45, 7) is 1.57. The third-order valence-electron chi connectivity index (χ3n) is 2.39. The van der Waals surface area contributed by atoms with Crippen LogP contribution < -0.4 is 0 Å². The van der Waals surface area contributed by atoms with Crippen molar-refractivity contribution < 1.29 is 13.6 Å². The van der Waals surface area contributed by atoms with E-state index in [9.17, 15) is 13.6 Å². The van der Waals surface area contributed by atoms with Gasteiger partial charge in [0.15, 0.2) is 5.78 Å². The van der Waals surface area contributed by atoms with Crippen molar-refractivity contribution in [1.82, 2.24) is 4.98 Å². The molecule has 0 amide bonds. The van der Waals surface area contributed by atoms with Crippen molar-refractivity contribution in [2.24, 2.45) is 0 Å². The summed E-state index contributed by atoms with van der Waals surface area (Å²) in [7, 11) is 0. The van der Waals surface area contributed by atoms with Gasteiger partial charge in [0.1, 0.15) is 11.6 Å². The van der Waals surface area contributed by atoms with Gasteiger partial charge < -0.3 is 0 Å². The highest BCUT2D eigenvalue weighted by molar-refractivity contribution is 6.08. The quantitative estimate of drug-likeness (QED) is 0.746. The van der Waals surface area contributed by atoms with E-state index in [0.717, 1.165) is 12.3 Å². The van der Waals surface area contributed by atoms with E-state index >= 15 is 0 Å². The molecule has 0 bridgehead atoms. The molecule has 0 atom stereocenters. The minimum Gasteiger partial charge on any atom is -0.289 e. The SMILES string of the molecule is Cc1cc(C(=O)c2cncc(F)c2)ccc1F. The highest BCUT2D eigenvalue weighted by Gasteiger charge is 2.11. The molecule has 0 saturated heterocycles. The number of ketones is 1. The Bertz CT molecular complexity index is 581. The molecule has 4 heteroatoms. The lowest BCUT2D eigenvalue weighted by Crippen LogP contribution is -2.03. The molecule has 0 fully saturated rings. The second-order valence-electron chi connectivity index (χ2n) is 3.68. The summed E-state index contributed by atoms with van der Waals surface area (Å²) in [6.07, 6.45) is 2.30. The number of carbonyl (C=O) groups is 1. The van der Waals surface area contributed by atoms with Crippen molar-refractivity contribution in [1.29, 1.82) is 0 Å². The largest absolute Gasteiger partial charge is 0.289 e. The first-order valence-electron chi connectivity index (χ1n) is 4.99. The lowest BCUT2D eigenvalue weighted by molar-refractivity contribution is 0.103. The number of benzene rings is 1. The van der Waals surface area contributed by atoms with Crippen LogP contribution in [0, 0.1) is 18.6 Å². The fourth-order valence-corrected chi connectivity index (χ4v) is 1.49. The molecule has 0 aliphatic rings. The Labute approximate surface area is 96.9 Å². The standard InChI is InChI=1S/C13H9F2NO/c1-8-4-9(2-3-12(8)15)13(17)10-5-11(14)7-16-6-10/h2-7H,1H3. The van der Waals surface area contributed by atoms with Crippen LogP contribution in [0.25, 0.3) is 0 Å². The van der Waals surface area contributed by atoms with Gasteiger partial charge in [0.25, 0.3) is 0 Å². The van der Waals surface area contributed by atoms with Gasteiger partial charge in [0, 0.05) is 17.3 Å². The first-order chi connectivity index (χ1) is 8.08. The molecule has 0 N–H and O–H groups in total. The van der Waals surface area contributed by atoms with E-state index in [1.165, 1.54) is 24.4 Å². The molecular weight excluding hydrogens is 224 g/mol. The van der Waals surface area contributed by atoms with Gasteiger partial charge in [-0.15, -0.1) is 0 Å². The molecule has 86 valence electrons. The molecule has 1 heterocycles. The molecular formula is C13H9F2NO. The Hall–Kier alpha value is -2.10. The van der Waals surface area contributed by atoms with Crippen LogP contribution in [0.3, 0.4) is 0 Å². The number of hydrogen-bond donors (Lipinski definition) is 0. The average Bonchev–Trinajstić information content (AvgIpc) is 2.32. The van der Waals surface area contributed by atoms with Crippen molar-refractivity contribution in [2.45, 2.75) is 6.92 Å². The van der Waals surface area contributed by atoms with Gasteiger partial charge in [-0.1, -0.05) is 0 Å². The number of aromatic nitrogens is 1. The Morgan fingerprint density at radius 1 is 1.12 bits per heavy atom. The smallest absolute Gasteiger partial charge is 0.194 e. The van der Waals surface area contributed by atoms with Gasteiger partial charge in [-0.3, -0.25) is 9.78 Å². The number of nitrogens with zero attached hydrogens (tertiary/aromatic N) is 1. The number of pyridine rings is 1. The van der Waals surface area contributed by atoms with Gasteiger partial charge in [-0.25, -0.2) is 8.78 Å². The van der Waals surface area contributed by atoms with Crippen LogP contribution in [0.15, 0.2) is 36.7 Å². The molecule has 0 unspecified atom stereocenters. The number of aryl methyl sites for hydroxylation is 1. The number of carbonyl (C=O) groups excluding carboxylic acids is 1. The van der Waals surface area contributed by atoms with Crippen LogP contribution in [0.4, 0.5) is 8.78 Å². The molecule has 17 heavy (non-hydrogen) atoms. The maximum atomic E-state index is 13.0. The fourth-order valence-electron chi connectivity index (χ4n) is 1.49. The molecule has 1 aromatic heterocycles. The van der Waals surface area contributed by atoms with Crippen LogP contribution in [-0.4, -0.2) is 10.8 Å². The molecule has 2 aromatic rings. The summed E-state index contributed by atoms with van der Waals surface area (Å²) in [4.78, 5) is 15.5. The van der Waals surface area contributed by atoms with Crippen LogP contribution in [0.2, 0.25) is 0 Å². The molecule has 2 nitrogen and oxygen atoms in total. The molecule has 0 saturated carbocycles. The Balaban J connectivity index is 2.40. The normalized spacial score (nSPS) is 10.3. The van der Waals surface area contributed by atoms with E-state index in [-0.39, 0.29) is 17.2 Å². The molecule has 0 aliphatic heterocycles. The van der Waals surface area contributed by atoms with Crippen LogP contribution in [-0.2, 0) is 0 Å². The van der Waals surface area contributed by atoms with E-state index in [4.69, 9.17) is 0 Å². The summed E-state index contributed by atoms with van der Waals surface area (Å²) in [5.41, 5.74) is 0.840. The molecule has 0 spiro atoms. The van der Waals surface area contributed by atoms with Crippen LogP contribution in [0.1, 0.15) is 21.5 Å². The third kappa shape index (κ3) is 2.36. The minimum absolute atomic E-state index is 0.149. The molecule has 1 aromatic carbocycles. The van der Waals surface area contributed by atoms with Gasteiger partial charge >= 0.3 is 0 Å². The summed E-state index contributed by atoms with van der Waals surface area (Å²) < 4.78 is 26.0. The molecule has 0 radical (unpaired) electrons. The Morgan fingerprint density at radius 3 is 2.53 bits per heavy atom. The lowest BCUT2D eigenvalue weighted by atomic mass is 10.0. The topological polar surface area (TPSA) is 30.0 Å². The predicted octanol–water partition coefficient (Wildman–Crippen LogP) is 2.90. The maximum Gasteiger partial charge on any atom is 0.194 e. The van der Waals surface area contributed by atoms with Gasteiger partial charge in [-0.2, -0.15) is 0 Å². The van der Waals surface area contributed by atoms with Crippen molar-refractivity contribution in [2.75, 3.05) is 0 Å². The van der Waals surface area contributed by atoms with Crippen molar-refractivity contribution in [3.05, 3.63) is 65.0 Å². The van der Waals surface area contributed by atoms with E-state index in [1.807, 2.05) is 0 Å². The second-order valence-corrected chi connectivity index (χ2v) is 3.68.